The van der Waals surface area contributed by atoms with Gasteiger partial charge in [-0.05, 0) is 36.4 Å². The summed E-state index contributed by atoms with van der Waals surface area (Å²) in [7, 11) is -3.71. The molecule has 1 aliphatic rings. The Bertz CT molecular complexity index is 1110. The van der Waals surface area contributed by atoms with Crippen molar-refractivity contribution in [3.8, 4) is 6.07 Å². The molecular weight excluding hydrogens is 410 g/mol. The second kappa shape index (κ2) is 8.68. The van der Waals surface area contributed by atoms with Gasteiger partial charge in [-0.2, -0.15) is 5.26 Å². The van der Waals surface area contributed by atoms with Crippen molar-refractivity contribution in [2.75, 3.05) is 22.1 Å². The molecule has 2 aromatic carbocycles. The molecule has 0 radical (unpaired) electrons. The van der Waals surface area contributed by atoms with E-state index in [-0.39, 0.29) is 28.9 Å². The third-order valence-electron chi connectivity index (χ3n) is 4.38. The maximum Gasteiger partial charge on any atom is 0.228 e. The van der Waals surface area contributed by atoms with Crippen LogP contribution in [0.3, 0.4) is 0 Å². The van der Waals surface area contributed by atoms with E-state index >= 15 is 0 Å². The van der Waals surface area contributed by atoms with Crippen LogP contribution < -0.4 is 10.6 Å². The summed E-state index contributed by atoms with van der Waals surface area (Å²) in [6.07, 6.45) is -0.228. The maximum absolute atomic E-state index is 12.7. The highest BCUT2D eigenvalue weighted by Gasteiger charge is 2.23. The van der Waals surface area contributed by atoms with Crippen molar-refractivity contribution in [3.63, 3.8) is 0 Å². The van der Waals surface area contributed by atoms with Crippen molar-refractivity contribution in [2.45, 2.75) is 23.1 Å². The molecule has 0 bridgehead atoms. The largest absolute Gasteiger partial charge is 0.326 e. The highest BCUT2D eigenvalue weighted by atomic mass is 32.2. The Morgan fingerprint density at radius 3 is 2.86 bits per heavy atom. The number of amides is 2. The smallest absolute Gasteiger partial charge is 0.228 e. The first-order chi connectivity index (χ1) is 13.8. The molecule has 0 saturated heterocycles. The average molecular weight is 430 g/mol. The molecule has 2 amide bonds. The molecule has 29 heavy (non-hydrogen) atoms. The fourth-order valence-corrected chi connectivity index (χ4v) is 4.98. The number of benzene rings is 2. The maximum atomic E-state index is 12.7. The Balaban J connectivity index is 1.68. The van der Waals surface area contributed by atoms with E-state index in [1.54, 1.807) is 24.3 Å². The van der Waals surface area contributed by atoms with Crippen LogP contribution in [-0.4, -0.2) is 31.7 Å². The Hall–Kier alpha value is -2.83. The van der Waals surface area contributed by atoms with Crippen LogP contribution >= 0.6 is 11.8 Å². The third kappa shape index (κ3) is 5.16. The molecule has 2 N–H and O–H groups in total. The molecule has 1 aliphatic heterocycles. The summed E-state index contributed by atoms with van der Waals surface area (Å²) < 4.78 is 25.3. The zero-order valence-electron chi connectivity index (χ0n) is 15.6. The average Bonchev–Trinajstić information content (AvgIpc) is 2.84. The molecule has 0 aromatic heterocycles. The molecule has 7 nitrogen and oxygen atoms in total. The number of nitrogens with zero attached hydrogens (tertiary/aromatic N) is 1. The number of carbonyl (C=O) groups excluding carboxylic acids is 2. The summed E-state index contributed by atoms with van der Waals surface area (Å²) >= 11 is 1.50. The zero-order chi connectivity index (χ0) is 21.0. The summed E-state index contributed by atoms with van der Waals surface area (Å²) in [5.74, 6) is -0.526. The molecule has 1 unspecified atom stereocenters. The van der Waals surface area contributed by atoms with Crippen LogP contribution in [0, 0.1) is 17.2 Å². The van der Waals surface area contributed by atoms with Gasteiger partial charge in [0.05, 0.1) is 28.0 Å². The lowest BCUT2D eigenvalue weighted by molar-refractivity contribution is -0.118. The number of rotatable bonds is 5. The van der Waals surface area contributed by atoms with Gasteiger partial charge in [0.15, 0.2) is 9.84 Å². The molecule has 3 rings (SSSR count). The predicted molar refractivity (Wildman–Crippen MR) is 111 cm³/mol. The van der Waals surface area contributed by atoms with E-state index in [1.165, 1.54) is 30.0 Å². The van der Waals surface area contributed by atoms with Crippen molar-refractivity contribution in [1.29, 1.82) is 5.26 Å². The fraction of sp³-hybridized carbons (Fsp3) is 0.250. The molecule has 1 heterocycles. The number of hydrogen-bond donors (Lipinski definition) is 2. The number of anilines is 2. The van der Waals surface area contributed by atoms with Crippen LogP contribution in [0.4, 0.5) is 11.4 Å². The fourth-order valence-electron chi connectivity index (χ4n) is 2.71. The van der Waals surface area contributed by atoms with Crippen LogP contribution in [0.5, 0.6) is 0 Å². The standard InChI is InChI=1S/C20H19N3O4S2/c1-13-12-28-18-6-5-16(10-17(18)23-20(13)25)29(26,27)8-7-19(24)22-15-4-2-3-14(9-15)11-21/h2-6,9-10,13H,7-8,12H2,1H3,(H,22,24)(H,23,25). The van der Waals surface area contributed by atoms with E-state index in [9.17, 15) is 18.0 Å². The number of sulfone groups is 1. The van der Waals surface area contributed by atoms with Crippen molar-refractivity contribution in [3.05, 3.63) is 48.0 Å². The molecule has 0 spiro atoms. The van der Waals surface area contributed by atoms with Gasteiger partial charge in [-0.15, -0.1) is 11.8 Å². The van der Waals surface area contributed by atoms with Gasteiger partial charge in [0.1, 0.15) is 0 Å². The van der Waals surface area contributed by atoms with E-state index in [2.05, 4.69) is 10.6 Å². The van der Waals surface area contributed by atoms with E-state index in [4.69, 9.17) is 5.26 Å². The van der Waals surface area contributed by atoms with Gasteiger partial charge in [0.25, 0.3) is 0 Å². The number of thioether (sulfide) groups is 1. The molecular formula is C20H19N3O4S2. The quantitative estimate of drug-likeness (QED) is 0.755. The number of hydrogen-bond acceptors (Lipinski definition) is 6. The molecule has 2 aromatic rings. The SMILES string of the molecule is CC1CSc2ccc(S(=O)(=O)CCC(=O)Nc3cccc(C#N)c3)cc2NC1=O. The lowest BCUT2D eigenvalue weighted by Crippen LogP contribution is -2.20. The van der Waals surface area contributed by atoms with Gasteiger partial charge in [-0.25, -0.2) is 8.42 Å². The minimum absolute atomic E-state index is 0.0611. The molecule has 0 saturated carbocycles. The molecule has 150 valence electrons. The predicted octanol–water partition coefficient (Wildman–Crippen LogP) is 3.04. The van der Waals surface area contributed by atoms with Gasteiger partial charge in [-0.3, -0.25) is 9.59 Å². The second-order valence-electron chi connectivity index (χ2n) is 6.67. The van der Waals surface area contributed by atoms with E-state index in [0.717, 1.165) is 4.90 Å². The zero-order valence-corrected chi connectivity index (χ0v) is 17.3. The van der Waals surface area contributed by atoms with Crippen LogP contribution in [0.25, 0.3) is 0 Å². The first-order valence-electron chi connectivity index (χ1n) is 8.89. The molecule has 1 atom stereocenters. The highest BCUT2D eigenvalue weighted by molar-refractivity contribution is 7.99. The van der Waals surface area contributed by atoms with Crippen LogP contribution in [0.15, 0.2) is 52.3 Å². The molecule has 0 aliphatic carbocycles. The van der Waals surface area contributed by atoms with Gasteiger partial charge in [0.2, 0.25) is 11.8 Å². The summed E-state index contributed by atoms with van der Waals surface area (Å²) in [6.45, 7) is 1.82. The van der Waals surface area contributed by atoms with Crippen molar-refractivity contribution < 1.29 is 18.0 Å². The first-order valence-corrected chi connectivity index (χ1v) is 11.5. The monoisotopic (exact) mass is 429 g/mol. The molecule has 0 fully saturated rings. The Labute approximate surface area is 173 Å². The number of fused-ring (bicyclic) bond motifs is 1. The van der Waals surface area contributed by atoms with E-state index < -0.39 is 15.7 Å². The van der Waals surface area contributed by atoms with Gasteiger partial charge in [0, 0.05) is 28.7 Å². The van der Waals surface area contributed by atoms with Gasteiger partial charge < -0.3 is 10.6 Å². The minimum Gasteiger partial charge on any atom is -0.326 e. The minimum atomic E-state index is -3.71. The van der Waals surface area contributed by atoms with Crippen LogP contribution in [0.1, 0.15) is 18.9 Å². The summed E-state index contributed by atoms with van der Waals surface area (Å²) in [5, 5.41) is 14.3. The Morgan fingerprint density at radius 2 is 2.10 bits per heavy atom. The molecule has 9 heteroatoms. The third-order valence-corrected chi connectivity index (χ3v) is 7.43. The first kappa shape index (κ1) is 20.9. The van der Waals surface area contributed by atoms with Gasteiger partial charge >= 0.3 is 0 Å². The van der Waals surface area contributed by atoms with Crippen molar-refractivity contribution in [2.24, 2.45) is 5.92 Å². The van der Waals surface area contributed by atoms with Crippen molar-refractivity contribution >= 4 is 44.8 Å². The number of nitrogens with one attached hydrogen (secondary N) is 2. The summed E-state index contributed by atoms with van der Waals surface area (Å²) in [4.78, 5) is 25.0. The van der Waals surface area contributed by atoms with Crippen LogP contribution in [-0.2, 0) is 19.4 Å². The van der Waals surface area contributed by atoms with Crippen LogP contribution in [0.2, 0.25) is 0 Å². The summed E-state index contributed by atoms with van der Waals surface area (Å²) in [6, 6.07) is 13.0. The normalized spacial score (nSPS) is 16.1. The highest BCUT2D eigenvalue weighted by Crippen LogP contribution is 2.34. The lowest BCUT2D eigenvalue weighted by atomic mass is 10.2. The number of nitriles is 1. The number of carbonyl (C=O) groups is 2. The Kier molecular flexibility index (Phi) is 6.25. The van der Waals surface area contributed by atoms with E-state index in [1.807, 2.05) is 13.0 Å². The summed E-state index contributed by atoms with van der Waals surface area (Å²) in [5.41, 5.74) is 1.31. The van der Waals surface area contributed by atoms with E-state index in [0.29, 0.717) is 22.7 Å². The Morgan fingerprint density at radius 1 is 1.31 bits per heavy atom. The lowest BCUT2D eigenvalue weighted by Gasteiger charge is -2.10. The van der Waals surface area contributed by atoms with Crippen molar-refractivity contribution in [1.82, 2.24) is 0 Å². The topological polar surface area (TPSA) is 116 Å². The van der Waals surface area contributed by atoms with Gasteiger partial charge in [-0.1, -0.05) is 13.0 Å². The second-order valence-corrected chi connectivity index (χ2v) is 9.84.